The molecule has 0 saturated heterocycles. The average Bonchev–Trinajstić information content (AvgIpc) is 3.14. The molecule has 2 heterocycles. The molecule has 0 aliphatic heterocycles. The summed E-state index contributed by atoms with van der Waals surface area (Å²) >= 11 is 7.98. The number of pyridine rings is 1. The predicted molar refractivity (Wildman–Crippen MR) is 77.5 cm³/mol. The normalized spacial score (nSPS) is 14.1. The van der Waals surface area contributed by atoms with Gasteiger partial charge in [0.25, 0.3) is 0 Å². The van der Waals surface area contributed by atoms with Crippen molar-refractivity contribution in [3.05, 3.63) is 45.2 Å². The number of aromatic nitrogens is 1. The van der Waals surface area contributed by atoms with E-state index in [0.29, 0.717) is 16.6 Å². The van der Waals surface area contributed by atoms with Crippen molar-refractivity contribution < 1.29 is 0 Å². The van der Waals surface area contributed by atoms with Crippen LogP contribution in [-0.2, 0) is 6.54 Å². The minimum Gasteiger partial charge on any atom is -0.348 e. The van der Waals surface area contributed by atoms with Crippen LogP contribution >= 0.6 is 22.9 Å². The fourth-order valence-electron chi connectivity index (χ4n) is 2.06. The monoisotopic (exact) mass is 289 g/mol. The molecule has 0 spiro atoms. The first-order chi connectivity index (χ1) is 9.29. The number of nitrogens with zero attached hydrogens (tertiary/aromatic N) is 3. The van der Waals surface area contributed by atoms with Gasteiger partial charge in [-0.1, -0.05) is 11.6 Å². The predicted octanol–water partition coefficient (Wildman–Crippen LogP) is 3.84. The quantitative estimate of drug-likeness (QED) is 0.858. The molecule has 1 aliphatic rings. The Bertz CT molecular complexity index is 614. The van der Waals surface area contributed by atoms with Gasteiger partial charge in [0.1, 0.15) is 16.9 Å². The molecular formula is C14H12ClN3S. The maximum absolute atomic E-state index is 9.06. The van der Waals surface area contributed by atoms with Gasteiger partial charge in [0.2, 0.25) is 0 Å². The van der Waals surface area contributed by atoms with Gasteiger partial charge in [-0.3, -0.25) is 0 Å². The highest BCUT2D eigenvalue weighted by atomic mass is 35.5. The second-order valence-electron chi connectivity index (χ2n) is 4.60. The third-order valence-corrected chi connectivity index (χ3v) is 4.29. The summed E-state index contributed by atoms with van der Waals surface area (Å²) in [5, 5.41) is 13.7. The molecule has 3 rings (SSSR count). The van der Waals surface area contributed by atoms with E-state index in [0.717, 1.165) is 12.4 Å². The lowest BCUT2D eigenvalue weighted by Gasteiger charge is -2.24. The molecule has 19 heavy (non-hydrogen) atoms. The van der Waals surface area contributed by atoms with Gasteiger partial charge in [0, 0.05) is 18.8 Å². The van der Waals surface area contributed by atoms with Crippen LogP contribution in [0.3, 0.4) is 0 Å². The summed E-state index contributed by atoms with van der Waals surface area (Å²) in [5.41, 5.74) is 1.75. The number of anilines is 1. The zero-order valence-corrected chi connectivity index (χ0v) is 11.8. The average molecular weight is 290 g/mol. The molecule has 0 aromatic carbocycles. The fourth-order valence-corrected chi connectivity index (χ4v) is 2.98. The molecule has 0 unspecified atom stereocenters. The van der Waals surface area contributed by atoms with Crippen LogP contribution in [0.15, 0.2) is 29.1 Å². The van der Waals surface area contributed by atoms with Gasteiger partial charge < -0.3 is 4.90 Å². The maximum atomic E-state index is 9.06. The Kier molecular flexibility index (Phi) is 3.41. The molecule has 1 aliphatic carbocycles. The van der Waals surface area contributed by atoms with Crippen LogP contribution in [0, 0.1) is 11.3 Å². The van der Waals surface area contributed by atoms with E-state index in [9.17, 15) is 0 Å². The largest absolute Gasteiger partial charge is 0.348 e. The Labute approximate surface area is 121 Å². The van der Waals surface area contributed by atoms with Crippen molar-refractivity contribution in [2.24, 2.45) is 0 Å². The number of rotatable bonds is 4. The van der Waals surface area contributed by atoms with Gasteiger partial charge in [-0.05, 0) is 41.3 Å². The van der Waals surface area contributed by atoms with Crippen LogP contribution in [0.4, 0.5) is 5.82 Å². The van der Waals surface area contributed by atoms with Gasteiger partial charge >= 0.3 is 0 Å². The molecular weight excluding hydrogens is 278 g/mol. The van der Waals surface area contributed by atoms with Gasteiger partial charge in [0.15, 0.2) is 0 Å². The molecule has 2 aromatic rings. The number of nitriles is 1. The van der Waals surface area contributed by atoms with E-state index in [1.807, 2.05) is 0 Å². The van der Waals surface area contributed by atoms with Crippen LogP contribution in [-0.4, -0.2) is 11.0 Å². The Morgan fingerprint density at radius 3 is 2.95 bits per heavy atom. The summed E-state index contributed by atoms with van der Waals surface area (Å²) in [6.45, 7) is 0.801. The van der Waals surface area contributed by atoms with E-state index in [-0.39, 0.29) is 0 Å². The highest BCUT2D eigenvalue weighted by Gasteiger charge is 2.31. The number of hydrogen-bond donors (Lipinski definition) is 0. The Morgan fingerprint density at radius 2 is 2.32 bits per heavy atom. The summed E-state index contributed by atoms with van der Waals surface area (Å²) < 4.78 is 0. The van der Waals surface area contributed by atoms with E-state index in [1.54, 1.807) is 23.6 Å². The summed E-state index contributed by atoms with van der Waals surface area (Å²) in [5.74, 6) is 0.731. The summed E-state index contributed by atoms with van der Waals surface area (Å²) in [6, 6.07) is 6.38. The van der Waals surface area contributed by atoms with Crippen LogP contribution in [0.25, 0.3) is 0 Å². The van der Waals surface area contributed by atoms with Crippen LogP contribution in [0.2, 0.25) is 5.02 Å². The molecule has 96 valence electrons. The third-order valence-electron chi connectivity index (χ3n) is 3.18. The lowest BCUT2D eigenvalue weighted by atomic mass is 10.2. The smallest absolute Gasteiger partial charge is 0.149 e. The zero-order valence-electron chi connectivity index (χ0n) is 10.2. The Balaban J connectivity index is 1.94. The first-order valence-electron chi connectivity index (χ1n) is 6.12. The van der Waals surface area contributed by atoms with Gasteiger partial charge in [0.05, 0.1) is 5.56 Å². The number of halogens is 1. The van der Waals surface area contributed by atoms with E-state index < -0.39 is 0 Å². The lowest BCUT2D eigenvalue weighted by molar-refractivity contribution is 0.780. The topological polar surface area (TPSA) is 39.9 Å². The van der Waals surface area contributed by atoms with E-state index >= 15 is 0 Å². The van der Waals surface area contributed by atoms with Crippen molar-refractivity contribution in [2.75, 3.05) is 4.90 Å². The second-order valence-corrected chi connectivity index (χ2v) is 5.76. The SMILES string of the molecule is N#Cc1ccnc(N(Cc2ccsc2)C2CC2)c1Cl. The molecule has 0 amide bonds. The van der Waals surface area contributed by atoms with Crippen molar-refractivity contribution in [3.63, 3.8) is 0 Å². The van der Waals surface area contributed by atoms with Gasteiger partial charge in [-0.15, -0.1) is 0 Å². The van der Waals surface area contributed by atoms with Crippen molar-refractivity contribution in [1.29, 1.82) is 5.26 Å². The number of hydrogen-bond acceptors (Lipinski definition) is 4. The van der Waals surface area contributed by atoms with Gasteiger partial charge in [-0.25, -0.2) is 4.98 Å². The van der Waals surface area contributed by atoms with Crippen molar-refractivity contribution >= 4 is 28.8 Å². The van der Waals surface area contributed by atoms with Crippen LogP contribution in [0.5, 0.6) is 0 Å². The lowest BCUT2D eigenvalue weighted by Crippen LogP contribution is -2.26. The van der Waals surface area contributed by atoms with Crippen LogP contribution in [0.1, 0.15) is 24.0 Å². The Hall–Kier alpha value is -1.57. The third kappa shape index (κ3) is 2.58. The molecule has 2 aromatic heterocycles. The number of thiophene rings is 1. The molecule has 3 nitrogen and oxygen atoms in total. The minimum absolute atomic E-state index is 0.465. The molecule has 1 saturated carbocycles. The Morgan fingerprint density at radius 1 is 1.47 bits per heavy atom. The minimum atomic E-state index is 0.465. The van der Waals surface area contributed by atoms with Crippen LogP contribution < -0.4 is 4.90 Å². The van der Waals surface area contributed by atoms with Crippen molar-refractivity contribution in [1.82, 2.24) is 4.98 Å². The van der Waals surface area contributed by atoms with E-state index in [4.69, 9.17) is 16.9 Å². The molecule has 5 heteroatoms. The first-order valence-corrected chi connectivity index (χ1v) is 7.44. The maximum Gasteiger partial charge on any atom is 0.149 e. The molecule has 0 bridgehead atoms. The van der Waals surface area contributed by atoms with E-state index in [1.165, 1.54) is 18.4 Å². The van der Waals surface area contributed by atoms with E-state index in [2.05, 4.69) is 32.8 Å². The van der Waals surface area contributed by atoms with Gasteiger partial charge in [-0.2, -0.15) is 16.6 Å². The van der Waals surface area contributed by atoms with Crippen molar-refractivity contribution in [3.8, 4) is 6.07 Å². The van der Waals surface area contributed by atoms with Crippen molar-refractivity contribution in [2.45, 2.75) is 25.4 Å². The summed E-state index contributed by atoms with van der Waals surface area (Å²) in [7, 11) is 0. The second kappa shape index (κ2) is 5.20. The molecule has 0 atom stereocenters. The first kappa shape index (κ1) is 12.5. The summed E-state index contributed by atoms with van der Waals surface area (Å²) in [6.07, 6.45) is 3.99. The highest BCUT2D eigenvalue weighted by molar-refractivity contribution is 7.07. The zero-order chi connectivity index (χ0) is 13.2. The highest BCUT2D eigenvalue weighted by Crippen LogP contribution is 2.36. The standard InChI is InChI=1S/C14H12ClN3S/c15-13-11(7-16)3-5-17-14(13)18(12-1-2-12)8-10-4-6-19-9-10/h3-6,9,12H,1-2,8H2. The fraction of sp³-hybridized carbons (Fsp3) is 0.286. The molecule has 1 fully saturated rings. The summed E-state index contributed by atoms with van der Waals surface area (Å²) in [4.78, 5) is 6.59. The molecule has 0 radical (unpaired) electrons. The molecule has 0 N–H and O–H groups in total.